The Bertz CT molecular complexity index is 882. The third-order valence-corrected chi connectivity index (χ3v) is 3.75. The molecule has 1 aromatic heterocycles. The maximum atomic E-state index is 12.3. The van der Waals surface area contributed by atoms with Gasteiger partial charge in [0.15, 0.2) is 0 Å². The quantitative estimate of drug-likeness (QED) is 0.862. The van der Waals surface area contributed by atoms with Crippen molar-refractivity contribution >= 4 is 0 Å². The second-order valence-corrected chi connectivity index (χ2v) is 5.40. The van der Waals surface area contributed by atoms with E-state index < -0.39 is 12.3 Å². The monoisotopic (exact) mass is 366 g/mol. The molecular formula is C16H13F3N4O3. The molecule has 0 aliphatic carbocycles. The average Bonchev–Trinajstić information content (AvgIpc) is 2.96. The summed E-state index contributed by atoms with van der Waals surface area (Å²) >= 11 is 0. The molecule has 1 unspecified atom stereocenters. The van der Waals surface area contributed by atoms with Crippen molar-refractivity contribution in [3.63, 3.8) is 0 Å². The SMILES string of the molecule is COCc1[nH]nc2c1C(c1ccc(OC(F)(F)F)cc1)C(C#N)=C(N)O2. The molecule has 0 fully saturated rings. The predicted octanol–water partition coefficient (Wildman–Crippen LogP) is 2.67. The lowest BCUT2D eigenvalue weighted by atomic mass is 9.84. The van der Waals surface area contributed by atoms with Gasteiger partial charge < -0.3 is 19.9 Å². The summed E-state index contributed by atoms with van der Waals surface area (Å²) in [7, 11) is 1.49. The first-order chi connectivity index (χ1) is 12.3. The summed E-state index contributed by atoms with van der Waals surface area (Å²) in [6, 6.07) is 7.17. The van der Waals surface area contributed by atoms with E-state index in [4.69, 9.17) is 15.2 Å². The number of alkyl halides is 3. The van der Waals surface area contributed by atoms with Crippen LogP contribution in [0.1, 0.15) is 22.7 Å². The maximum Gasteiger partial charge on any atom is 0.573 e. The molecule has 0 amide bonds. The van der Waals surface area contributed by atoms with Gasteiger partial charge in [-0.2, -0.15) is 5.26 Å². The van der Waals surface area contributed by atoms with Crippen LogP contribution in [-0.4, -0.2) is 23.7 Å². The van der Waals surface area contributed by atoms with Gasteiger partial charge in [0.05, 0.1) is 23.8 Å². The van der Waals surface area contributed by atoms with E-state index in [-0.39, 0.29) is 29.7 Å². The Morgan fingerprint density at radius 3 is 2.62 bits per heavy atom. The number of allylic oxidation sites excluding steroid dienone is 1. The minimum Gasteiger partial charge on any atom is -0.420 e. The van der Waals surface area contributed by atoms with E-state index in [2.05, 4.69) is 14.9 Å². The molecule has 3 N–H and O–H groups in total. The van der Waals surface area contributed by atoms with Gasteiger partial charge in [0.25, 0.3) is 0 Å². The zero-order valence-electron chi connectivity index (χ0n) is 13.4. The van der Waals surface area contributed by atoms with Gasteiger partial charge in [-0.1, -0.05) is 12.1 Å². The van der Waals surface area contributed by atoms with Crippen LogP contribution in [0.4, 0.5) is 13.2 Å². The number of benzene rings is 1. The van der Waals surface area contributed by atoms with E-state index in [9.17, 15) is 18.4 Å². The second-order valence-electron chi connectivity index (χ2n) is 5.40. The Hall–Kier alpha value is -3.19. The highest BCUT2D eigenvalue weighted by Crippen LogP contribution is 2.43. The Labute approximate surface area is 145 Å². The van der Waals surface area contributed by atoms with Gasteiger partial charge in [0.2, 0.25) is 11.8 Å². The summed E-state index contributed by atoms with van der Waals surface area (Å²) in [6.07, 6.45) is -4.79. The molecule has 0 bridgehead atoms. The van der Waals surface area contributed by atoms with Crippen molar-refractivity contribution in [1.82, 2.24) is 10.2 Å². The summed E-state index contributed by atoms with van der Waals surface area (Å²) < 4.78 is 51.3. The summed E-state index contributed by atoms with van der Waals surface area (Å²) in [6.45, 7) is 0.177. The van der Waals surface area contributed by atoms with Gasteiger partial charge >= 0.3 is 6.36 Å². The van der Waals surface area contributed by atoms with Crippen molar-refractivity contribution < 1.29 is 27.4 Å². The van der Waals surface area contributed by atoms with E-state index in [1.807, 2.05) is 6.07 Å². The third kappa shape index (κ3) is 3.29. The number of nitrogens with two attached hydrogens (primary N) is 1. The number of methoxy groups -OCH3 is 1. The molecule has 1 aliphatic heterocycles. The smallest absolute Gasteiger partial charge is 0.420 e. The van der Waals surface area contributed by atoms with Gasteiger partial charge in [0.1, 0.15) is 17.4 Å². The predicted molar refractivity (Wildman–Crippen MR) is 81.7 cm³/mol. The van der Waals surface area contributed by atoms with E-state index in [1.165, 1.54) is 31.4 Å². The molecule has 1 atom stereocenters. The van der Waals surface area contributed by atoms with E-state index in [0.717, 1.165) is 0 Å². The second kappa shape index (κ2) is 6.61. The van der Waals surface area contributed by atoms with Crippen LogP contribution in [-0.2, 0) is 11.3 Å². The van der Waals surface area contributed by atoms with Crippen LogP contribution in [0.25, 0.3) is 0 Å². The molecule has 3 rings (SSSR count). The highest BCUT2D eigenvalue weighted by Gasteiger charge is 2.35. The van der Waals surface area contributed by atoms with Crippen molar-refractivity contribution in [2.24, 2.45) is 5.73 Å². The summed E-state index contributed by atoms with van der Waals surface area (Å²) in [5.41, 5.74) is 7.58. The molecule has 0 radical (unpaired) electrons. The first-order valence-electron chi connectivity index (χ1n) is 7.33. The minimum absolute atomic E-state index is 0.115. The molecule has 0 saturated carbocycles. The first-order valence-corrected chi connectivity index (χ1v) is 7.33. The van der Waals surface area contributed by atoms with Crippen LogP contribution in [0.5, 0.6) is 11.6 Å². The number of halogens is 3. The van der Waals surface area contributed by atoms with Crippen LogP contribution < -0.4 is 15.2 Å². The molecule has 26 heavy (non-hydrogen) atoms. The third-order valence-electron chi connectivity index (χ3n) is 3.75. The van der Waals surface area contributed by atoms with Gasteiger partial charge in [0, 0.05) is 7.11 Å². The molecule has 0 saturated heterocycles. The molecule has 7 nitrogen and oxygen atoms in total. The number of aromatic amines is 1. The van der Waals surface area contributed by atoms with Gasteiger partial charge in [-0.15, -0.1) is 18.3 Å². The van der Waals surface area contributed by atoms with Gasteiger partial charge in [-0.3, -0.25) is 5.10 Å². The van der Waals surface area contributed by atoms with Crippen molar-refractivity contribution in [2.75, 3.05) is 7.11 Å². The fraction of sp³-hybridized carbons (Fsp3) is 0.250. The standard InChI is InChI=1S/C16H13F3N4O3/c1-24-7-11-13-12(10(6-20)14(21)25-15(13)23-22-11)8-2-4-9(5-3-8)26-16(17,18)19/h2-5,12H,7,21H2,1H3,(H,22,23). The zero-order chi connectivity index (χ0) is 18.9. The van der Waals surface area contributed by atoms with Crippen LogP contribution in [0, 0.1) is 11.3 Å². The fourth-order valence-electron chi connectivity index (χ4n) is 2.76. The Morgan fingerprint density at radius 1 is 1.35 bits per heavy atom. The van der Waals surface area contributed by atoms with Crippen LogP contribution in [0.15, 0.2) is 35.7 Å². The lowest BCUT2D eigenvalue weighted by Crippen LogP contribution is -2.21. The van der Waals surface area contributed by atoms with Crippen LogP contribution in [0.3, 0.4) is 0 Å². The number of nitriles is 1. The molecular weight excluding hydrogens is 353 g/mol. The van der Waals surface area contributed by atoms with Crippen LogP contribution >= 0.6 is 0 Å². The number of ether oxygens (including phenoxy) is 3. The number of rotatable bonds is 4. The number of hydrogen-bond donors (Lipinski definition) is 2. The normalized spacial score (nSPS) is 16.7. The van der Waals surface area contributed by atoms with Crippen molar-refractivity contribution in [1.29, 1.82) is 5.26 Å². The lowest BCUT2D eigenvalue weighted by molar-refractivity contribution is -0.274. The van der Waals surface area contributed by atoms with Gasteiger partial charge in [-0.25, -0.2) is 0 Å². The Morgan fingerprint density at radius 2 is 2.04 bits per heavy atom. The first kappa shape index (κ1) is 17.6. The number of aromatic nitrogens is 2. The minimum atomic E-state index is -4.79. The highest BCUT2D eigenvalue weighted by molar-refractivity contribution is 5.55. The molecule has 1 aromatic carbocycles. The highest BCUT2D eigenvalue weighted by atomic mass is 19.4. The van der Waals surface area contributed by atoms with Crippen molar-refractivity contribution in [2.45, 2.75) is 18.9 Å². The molecule has 2 aromatic rings. The van der Waals surface area contributed by atoms with Crippen molar-refractivity contribution in [3.05, 3.63) is 52.5 Å². The van der Waals surface area contributed by atoms with E-state index >= 15 is 0 Å². The average molecular weight is 366 g/mol. The van der Waals surface area contributed by atoms with Crippen molar-refractivity contribution in [3.8, 4) is 17.7 Å². The topological polar surface area (TPSA) is 106 Å². The summed E-state index contributed by atoms with van der Waals surface area (Å²) in [4.78, 5) is 0. The maximum absolute atomic E-state index is 12.3. The fourth-order valence-corrected chi connectivity index (χ4v) is 2.76. The molecule has 0 spiro atoms. The summed E-state index contributed by atoms with van der Waals surface area (Å²) in [5.74, 6) is -0.953. The number of fused-ring (bicyclic) bond motifs is 1. The van der Waals surface area contributed by atoms with Crippen LogP contribution in [0.2, 0.25) is 0 Å². The Kier molecular flexibility index (Phi) is 4.48. The molecule has 2 heterocycles. The number of hydrogen-bond acceptors (Lipinski definition) is 6. The molecule has 136 valence electrons. The number of nitrogens with one attached hydrogen (secondary N) is 1. The number of nitrogens with zero attached hydrogens (tertiary/aromatic N) is 2. The zero-order valence-corrected chi connectivity index (χ0v) is 13.4. The number of H-pyrrole nitrogens is 1. The van der Waals surface area contributed by atoms with Gasteiger partial charge in [-0.05, 0) is 17.7 Å². The lowest BCUT2D eigenvalue weighted by Gasteiger charge is -2.24. The largest absolute Gasteiger partial charge is 0.573 e. The summed E-state index contributed by atoms with van der Waals surface area (Å²) in [5, 5.41) is 16.3. The molecule has 1 aliphatic rings. The van der Waals surface area contributed by atoms with E-state index in [1.54, 1.807) is 0 Å². The Balaban J connectivity index is 2.05. The molecule has 10 heteroatoms. The van der Waals surface area contributed by atoms with E-state index in [0.29, 0.717) is 16.8 Å².